The van der Waals surface area contributed by atoms with Crippen LogP contribution in [0.3, 0.4) is 0 Å². The van der Waals surface area contributed by atoms with Gasteiger partial charge in [-0.25, -0.2) is 0 Å². The average Bonchev–Trinajstić information content (AvgIpc) is 2.77. The van der Waals surface area contributed by atoms with Crippen LogP contribution < -0.4 is 4.90 Å². The van der Waals surface area contributed by atoms with Gasteiger partial charge in [0.1, 0.15) is 0 Å². The molecular formula is C18H15Cl2NO2. The summed E-state index contributed by atoms with van der Waals surface area (Å²) in [4.78, 5) is 26.2. The van der Waals surface area contributed by atoms with Gasteiger partial charge in [0.15, 0.2) is 0 Å². The fourth-order valence-corrected chi connectivity index (χ4v) is 3.25. The normalized spacial score (nSPS) is 17.9. The molecule has 0 spiro atoms. The first-order valence-electron chi connectivity index (χ1n) is 7.33. The number of halogens is 2. The number of aryl methyl sites for hydroxylation is 1. The van der Waals surface area contributed by atoms with Gasteiger partial charge < -0.3 is 0 Å². The molecule has 2 aromatic carbocycles. The molecule has 1 aliphatic rings. The Morgan fingerprint density at radius 1 is 1.09 bits per heavy atom. The van der Waals surface area contributed by atoms with E-state index in [1.165, 1.54) is 4.90 Å². The van der Waals surface area contributed by atoms with E-state index in [2.05, 4.69) is 0 Å². The van der Waals surface area contributed by atoms with Crippen LogP contribution in [0.25, 0.3) is 0 Å². The van der Waals surface area contributed by atoms with E-state index in [1.54, 1.807) is 24.3 Å². The van der Waals surface area contributed by atoms with E-state index >= 15 is 0 Å². The van der Waals surface area contributed by atoms with Crippen molar-refractivity contribution in [3.05, 3.63) is 63.6 Å². The van der Waals surface area contributed by atoms with Gasteiger partial charge in [0.25, 0.3) is 0 Å². The number of benzene rings is 2. The smallest absolute Gasteiger partial charge is 0.237 e. The molecule has 0 radical (unpaired) electrons. The molecule has 1 saturated heterocycles. The van der Waals surface area contributed by atoms with Crippen LogP contribution in [0.5, 0.6) is 0 Å². The minimum absolute atomic E-state index is 0.184. The minimum Gasteiger partial charge on any atom is -0.274 e. The van der Waals surface area contributed by atoms with Gasteiger partial charge in [-0.1, -0.05) is 35.3 Å². The van der Waals surface area contributed by atoms with Crippen molar-refractivity contribution >= 4 is 40.7 Å². The Hall–Kier alpha value is -1.84. The summed E-state index contributed by atoms with van der Waals surface area (Å²) in [7, 11) is 0. The first-order chi connectivity index (χ1) is 11.0. The van der Waals surface area contributed by atoms with Crippen LogP contribution in [0, 0.1) is 12.8 Å². The van der Waals surface area contributed by atoms with Crippen molar-refractivity contribution in [3.63, 3.8) is 0 Å². The van der Waals surface area contributed by atoms with Crippen molar-refractivity contribution in [3.8, 4) is 0 Å². The molecule has 0 saturated carbocycles. The Morgan fingerprint density at radius 2 is 1.83 bits per heavy atom. The molecule has 3 nitrogen and oxygen atoms in total. The van der Waals surface area contributed by atoms with Crippen LogP contribution in [0.1, 0.15) is 17.5 Å². The summed E-state index contributed by atoms with van der Waals surface area (Å²) in [6.07, 6.45) is 0.714. The van der Waals surface area contributed by atoms with Gasteiger partial charge in [0, 0.05) is 16.5 Å². The molecule has 0 aromatic heterocycles. The van der Waals surface area contributed by atoms with Gasteiger partial charge >= 0.3 is 0 Å². The summed E-state index contributed by atoms with van der Waals surface area (Å²) in [6, 6.07) is 12.4. The van der Waals surface area contributed by atoms with Crippen molar-refractivity contribution in [1.82, 2.24) is 0 Å². The van der Waals surface area contributed by atoms with Crippen LogP contribution in [-0.2, 0) is 16.0 Å². The van der Waals surface area contributed by atoms with E-state index in [0.29, 0.717) is 22.2 Å². The molecule has 1 aliphatic heterocycles. The second-order valence-electron chi connectivity index (χ2n) is 5.72. The second kappa shape index (κ2) is 6.34. The number of anilines is 1. The van der Waals surface area contributed by atoms with Crippen molar-refractivity contribution in [2.75, 3.05) is 4.90 Å². The van der Waals surface area contributed by atoms with Crippen molar-refractivity contribution in [1.29, 1.82) is 0 Å². The molecule has 5 heteroatoms. The summed E-state index contributed by atoms with van der Waals surface area (Å²) in [5, 5.41) is 1.13. The zero-order valence-corrected chi connectivity index (χ0v) is 14.1. The highest BCUT2D eigenvalue weighted by Gasteiger charge is 2.39. The SMILES string of the molecule is Cc1ccc(Cl)cc1CC1CC(=O)N(c2cccc(Cl)c2)C1=O. The second-order valence-corrected chi connectivity index (χ2v) is 6.60. The summed E-state index contributed by atoms with van der Waals surface area (Å²) in [6.45, 7) is 1.97. The molecule has 3 rings (SSSR count). The van der Waals surface area contributed by atoms with Crippen molar-refractivity contribution in [2.45, 2.75) is 19.8 Å². The van der Waals surface area contributed by atoms with E-state index < -0.39 is 0 Å². The molecule has 23 heavy (non-hydrogen) atoms. The van der Waals surface area contributed by atoms with Crippen LogP contribution in [0.15, 0.2) is 42.5 Å². The van der Waals surface area contributed by atoms with Gasteiger partial charge in [0.2, 0.25) is 11.8 Å². The number of carbonyl (C=O) groups is 2. The highest BCUT2D eigenvalue weighted by molar-refractivity contribution is 6.31. The predicted octanol–water partition coefficient (Wildman–Crippen LogP) is 4.42. The summed E-state index contributed by atoms with van der Waals surface area (Å²) >= 11 is 12.0. The summed E-state index contributed by atoms with van der Waals surface area (Å²) in [5.41, 5.74) is 2.59. The highest BCUT2D eigenvalue weighted by atomic mass is 35.5. The topological polar surface area (TPSA) is 37.4 Å². The molecule has 1 fully saturated rings. The lowest BCUT2D eigenvalue weighted by Crippen LogP contribution is -2.30. The standard InChI is InChI=1S/C18H15Cl2NO2/c1-11-5-6-15(20)8-12(11)7-13-9-17(22)21(18(13)23)16-4-2-3-14(19)10-16/h2-6,8,10,13H,7,9H2,1H3. The number of nitrogens with zero attached hydrogens (tertiary/aromatic N) is 1. The van der Waals surface area contributed by atoms with Crippen LogP contribution in [0.4, 0.5) is 5.69 Å². The van der Waals surface area contributed by atoms with Crippen LogP contribution >= 0.6 is 23.2 Å². The van der Waals surface area contributed by atoms with Gasteiger partial charge in [-0.05, 0) is 54.8 Å². The molecular weight excluding hydrogens is 333 g/mol. The maximum absolute atomic E-state index is 12.7. The number of imide groups is 1. The van der Waals surface area contributed by atoms with E-state index in [4.69, 9.17) is 23.2 Å². The molecule has 118 valence electrons. The number of hydrogen-bond donors (Lipinski definition) is 0. The molecule has 1 unspecified atom stereocenters. The molecule has 2 aromatic rings. The maximum atomic E-state index is 12.7. The third-order valence-electron chi connectivity index (χ3n) is 4.08. The lowest BCUT2D eigenvalue weighted by Gasteiger charge is -2.16. The summed E-state index contributed by atoms with van der Waals surface area (Å²) in [5.74, 6) is -0.739. The Balaban J connectivity index is 1.85. The molecule has 0 aliphatic carbocycles. The molecule has 1 heterocycles. The lowest BCUT2D eigenvalue weighted by atomic mass is 9.95. The summed E-state index contributed by atoms with van der Waals surface area (Å²) < 4.78 is 0. The third-order valence-corrected chi connectivity index (χ3v) is 4.55. The first kappa shape index (κ1) is 16.0. The third kappa shape index (κ3) is 3.26. The van der Waals surface area contributed by atoms with E-state index in [1.807, 2.05) is 25.1 Å². The van der Waals surface area contributed by atoms with Gasteiger partial charge in [-0.2, -0.15) is 0 Å². The van der Waals surface area contributed by atoms with E-state index in [0.717, 1.165) is 11.1 Å². The van der Waals surface area contributed by atoms with Crippen LogP contribution in [0.2, 0.25) is 10.0 Å². The molecule has 2 amide bonds. The quantitative estimate of drug-likeness (QED) is 0.770. The lowest BCUT2D eigenvalue weighted by molar-refractivity contribution is -0.122. The Bertz CT molecular complexity index is 788. The monoisotopic (exact) mass is 347 g/mol. The molecule has 1 atom stereocenters. The first-order valence-corrected chi connectivity index (χ1v) is 8.08. The zero-order chi connectivity index (χ0) is 16.6. The highest BCUT2D eigenvalue weighted by Crippen LogP contribution is 2.31. The molecule has 0 bridgehead atoms. The van der Waals surface area contributed by atoms with Crippen molar-refractivity contribution < 1.29 is 9.59 Å². The molecule has 0 N–H and O–H groups in total. The Morgan fingerprint density at radius 3 is 2.57 bits per heavy atom. The average molecular weight is 348 g/mol. The fraction of sp³-hybridized carbons (Fsp3) is 0.222. The number of hydrogen-bond acceptors (Lipinski definition) is 2. The Labute approximate surface area is 144 Å². The van der Waals surface area contributed by atoms with Gasteiger partial charge in [-0.15, -0.1) is 0 Å². The zero-order valence-electron chi connectivity index (χ0n) is 12.6. The predicted molar refractivity (Wildman–Crippen MR) is 91.9 cm³/mol. The fourth-order valence-electron chi connectivity index (χ4n) is 2.87. The van der Waals surface area contributed by atoms with Gasteiger partial charge in [0.05, 0.1) is 11.6 Å². The largest absolute Gasteiger partial charge is 0.274 e. The number of carbonyl (C=O) groups excluding carboxylic acids is 2. The number of amides is 2. The van der Waals surface area contributed by atoms with E-state index in [9.17, 15) is 9.59 Å². The van der Waals surface area contributed by atoms with Gasteiger partial charge in [-0.3, -0.25) is 14.5 Å². The minimum atomic E-state index is -0.362. The van der Waals surface area contributed by atoms with Crippen LogP contribution in [-0.4, -0.2) is 11.8 Å². The maximum Gasteiger partial charge on any atom is 0.237 e. The van der Waals surface area contributed by atoms with E-state index in [-0.39, 0.29) is 24.2 Å². The number of rotatable bonds is 3. The Kier molecular flexibility index (Phi) is 4.42. The van der Waals surface area contributed by atoms with Crippen molar-refractivity contribution in [2.24, 2.45) is 5.92 Å².